The Hall–Kier alpha value is -0.220. The lowest BCUT2D eigenvalue weighted by atomic mass is 9.96. The van der Waals surface area contributed by atoms with Crippen LogP contribution in [0.4, 0.5) is 8.78 Å². The number of alkyl halides is 2. The molecule has 0 unspecified atom stereocenters. The third kappa shape index (κ3) is 3.03. The van der Waals surface area contributed by atoms with Gasteiger partial charge in [-0.3, -0.25) is 0 Å². The summed E-state index contributed by atoms with van der Waals surface area (Å²) in [7, 11) is 1.51. The number of nitrogens with one attached hydrogen (secondary N) is 1. The first-order valence-electron chi connectivity index (χ1n) is 4.28. The van der Waals surface area contributed by atoms with E-state index >= 15 is 0 Å². The first-order valence-corrected chi connectivity index (χ1v) is 4.28. The van der Waals surface area contributed by atoms with E-state index in [1.807, 2.05) is 0 Å². The van der Waals surface area contributed by atoms with Crippen LogP contribution < -0.4 is 5.32 Å². The van der Waals surface area contributed by atoms with Gasteiger partial charge in [0.05, 0.1) is 12.6 Å². The fourth-order valence-electron chi connectivity index (χ4n) is 1.09. The molecule has 0 bridgehead atoms. The molecular weight excluding hydrogens is 164 g/mol. The molecule has 0 aromatic heterocycles. The quantitative estimate of drug-likeness (QED) is 0.689. The summed E-state index contributed by atoms with van der Waals surface area (Å²) < 4.78 is 30.5. The Morgan fingerprint density at radius 3 is 2.58 bits per heavy atom. The van der Waals surface area contributed by atoms with Gasteiger partial charge in [0.25, 0.3) is 5.92 Å². The Morgan fingerprint density at radius 2 is 2.17 bits per heavy atom. The van der Waals surface area contributed by atoms with Crippen molar-refractivity contribution in [2.45, 2.75) is 31.3 Å². The zero-order valence-corrected chi connectivity index (χ0v) is 7.28. The van der Waals surface area contributed by atoms with E-state index < -0.39 is 12.5 Å². The molecule has 1 saturated carbocycles. The van der Waals surface area contributed by atoms with Crippen molar-refractivity contribution < 1.29 is 13.5 Å². The Kier molecular flexibility index (Phi) is 3.40. The van der Waals surface area contributed by atoms with E-state index in [4.69, 9.17) is 4.74 Å². The number of rotatable bonds is 5. The molecule has 0 spiro atoms. The van der Waals surface area contributed by atoms with Gasteiger partial charge in [-0.25, -0.2) is 8.78 Å². The summed E-state index contributed by atoms with van der Waals surface area (Å²) in [4.78, 5) is 0. The third-order valence-electron chi connectivity index (χ3n) is 2.02. The van der Waals surface area contributed by atoms with Crippen LogP contribution in [0.15, 0.2) is 0 Å². The number of hydrogen-bond acceptors (Lipinski definition) is 2. The van der Waals surface area contributed by atoms with Crippen molar-refractivity contribution in [2.24, 2.45) is 0 Å². The maximum atomic E-state index is 12.8. The summed E-state index contributed by atoms with van der Waals surface area (Å²) in [6, 6.07) is 0. The molecule has 2 nitrogen and oxygen atoms in total. The second kappa shape index (κ2) is 4.14. The van der Waals surface area contributed by atoms with Gasteiger partial charge < -0.3 is 10.1 Å². The van der Waals surface area contributed by atoms with Gasteiger partial charge in [0.15, 0.2) is 0 Å². The highest BCUT2D eigenvalue weighted by Gasteiger charge is 2.30. The second-order valence-corrected chi connectivity index (χ2v) is 3.25. The minimum Gasteiger partial charge on any atom is -0.372 e. The summed E-state index contributed by atoms with van der Waals surface area (Å²) in [5, 5.41) is 2.44. The molecule has 0 radical (unpaired) electrons. The van der Waals surface area contributed by atoms with Crippen LogP contribution in [0.3, 0.4) is 0 Å². The van der Waals surface area contributed by atoms with Crippen molar-refractivity contribution in [3.05, 3.63) is 0 Å². The number of ether oxygens (including phenoxy) is 1. The van der Waals surface area contributed by atoms with Gasteiger partial charge in [0.2, 0.25) is 0 Å². The molecule has 1 N–H and O–H groups in total. The SMILES string of the molecule is CNCC(F)(F)COC1CCC1. The van der Waals surface area contributed by atoms with E-state index in [-0.39, 0.29) is 12.6 Å². The van der Waals surface area contributed by atoms with Crippen molar-refractivity contribution in [3.63, 3.8) is 0 Å². The first kappa shape index (κ1) is 9.86. The Bertz CT molecular complexity index is 137. The molecular formula is C8H15F2NO. The van der Waals surface area contributed by atoms with Gasteiger partial charge in [-0.2, -0.15) is 0 Å². The lowest BCUT2D eigenvalue weighted by Crippen LogP contribution is -2.37. The predicted molar refractivity (Wildman–Crippen MR) is 42.5 cm³/mol. The van der Waals surface area contributed by atoms with Crippen LogP contribution in [0.25, 0.3) is 0 Å². The first-order chi connectivity index (χ1) is 5.64. The molecule has 0 atom stereocenters. The maximum Gasteiger partial charge on any atom is 0.283 e. The molecule has 1 rings (SSSR count). The molecule has 1 fully saturated rings. The van der Waals surface area contributed by atoms with Crippen molar-refractivity contribution in [2.75, 3.05) is 20.2 Å². The lowest BCUT2D eigenvalue weighted by molar-refractivity contribution is -0.112. The molecule has 0 aliphatic heterocycles. The molecule has 0 amide bonds. The maximum absolute atomic E-state index is 12.8. The molecule has 1 aliphatic carbocycles. The number of hydrogen-bond donors (Lipinski definition) is 1. The minimum absolute atomic E-state index is 0.0905. The molecule has 0 saturated heterocycles. The molecule has 0 aromatic rings. The fraction of sp³-hybridized carbons (Fsp3) is 1.00. The lowest BCUT2D eigenvalue weighted by Gasteiger charge is -2.27. The van der Waals surface area contributed by atoms with Gasteiger partial charge >= 0.3 is 0 Å². The largest absolute Gasteiger partial charge is 0.372 e. The molecule has 1 aliphatic rings. The van der Waals surface area contributed by atoms with E-state index in [0.717, 1.165) is 19.3 Å². The van der Waals surface area contributed by atoms with E-state index in [0.29, 0.717) is 0 Å². The Labute approximate surface area is 71.3 Å². The molecule has 72 valence electrons. The zero-order valence-electron chi connectivity index (χ0n) is 7.28. The third-order valence-corrected chi connectivity index (χ3v) is 2.02. The molecule has 12 heavy (non-hydrogen) atoms. The van der Waals surface area contributed by atoms with Crippen LogP contribution in [-0.4, -0.2) is 32.2 Å². The Balaban J connectivity index is 2.10. The van der Waals surface area contributed by atoms with Crippen LogP contribution in [0.5, 0.6) is 0 Å². The zero-order chi connectivity index (χ0) is 9.03. The van der Waals surface area contributed by atoms with Crippen LogP contribution in [0.2, 0.25) is 0 Å². The average Bonchev–Trinajstić information content (AvgIpc) is 1.82. The monoisotopic (exact) mass is 179 g/mol. The van der Waals surface area contributed by atoms with E-state index in [1.54, 1.807) is 0 Å². The Morgan fingerprint density at radius 1 is 1.50 bits per heavy atom. The van der Waals surface area contributed by atoms with Gasteiger partial charge in [0.1, 0.15) is 6.61 Å². The average molecular weight is 179 g/mol. The van der Waals surface area contributed by atoms with E-state index in [2.05, 4.69) is 5.32 Å². The van der Waals surface area contributed by atoms with Gasteiger partial charge in [-0.05, 0) is 26.3 Å². The molecule has 0 heterocycles. The predicted octanol–water partition coefficient (Wildman–Crippen LogP) is 1.41. The highest BCUT2D eigenvalue weighted by molar-refractivity contribution is 4.73. The summed E-state index contributed by atoms with van der Waals surface area (Å²) in [5.74, 6) is -2.72. The summed E-state index contributed by atoms with van der Waals surface area (Å²) >= 11 is 0. The smallest absolute Gasteiger partial charge is 0.283 e. The van der Waals surface area contributed by atoms with Gasteiger partial charge in [-0.15, -0.1) is 0 Å². The summed E-state index contributed by atoms with van der Waals surface area (Å²) in [5.41, 5.74) is 0. The standard InChI is InChI=1S/C8H15F2NO/c1-11-5-8(9,10)6-12-7-3-2-4-7/h7,11H,2-6H2,1H3. The summed E-state index contributed by atoms with van der Waals surface area (Å²) in [6.07, 6.45) is 3.08. The summed E-state index contributed by atoms with van der Waals surface area (Å²) in [6.45, 7) is -0.752. The van der Waals surface area contributed by atoms with Crippen molar-refractivity contribution in [3.8, 4) is 0 Å². The minimum atomic E-state index is -2.72. The van der Waals surface area contributed by atoms with Gasteiger partial charge in [-0.1, -0.05) is 0 Å². The van der Waals surface area contributed by atoms with Crippen molar-refractivity contribution in [1.82, 2.24) is 5.32 Å². The molecule has 0 aromatic carbocycles. The van der Waals surface area contributed by atoms with E-state index in [1.165, 1.54) is 7.05 Å². The highest BCUT2D eigenvalue weighted by atomic mass is 19.3. The number of halogens is 2. The van der Waals surface area contributed by atoms with Crippen LogP contribution in [0.1, 0.15) is 19.3 Å². The molecule has 4 heteroatoms. The normalized spacial score (nSPS) is 19.2. The highest BCUT2D eigenvalue weighted by Crippen LogP contribution is 2.24. The second-order valence-electron chi connectivity index (χ2n) is 3.25. The van der Waals surface area contributed by atoms with Crippen molar-refractivity contribution in [1.29, 1.82) is 0 Å². The van der Waals surface area contributed by atoms with E-state index in [9.17, 15) is 8.78 Å². The van der Waals surface area contributed by atoms with Crippen LogP contribution >= 0.6 is 0 Å². The van der Waals surface area contributed by atoms with Crippen molar-refractivity contribution >= 4 is 0 Å². The van der Waals surface area contributed by atoms with Crippen LogP contribution in [0, 0.1) is 0 Å². The van der Waals surface area contributed by atoms with Crippen LogP contribution in [-0.2, 0) is 4.74 Å². The fourth-order valence-corrected chi connectivity index (χ4v) is 1.09. The van der Waals surface area contributed by atoms with Gasteiger partial charge in [0, 0.05) is 0 Å². The topological polar surface area (TPSA) is 21.3 Å².